The lowest BCUT2D eigenvalue weighted by molar-refractivity contribution is 0.488. The van der Waals surface area contributed by atoms with Gasteiger partial charge in [-0.1, -0.05) is 35.3 Å². The fraction of sp³-hybridized carbons (Fsp3) is 0.0625. The maximum absolute atomic E-state index is 6.20. The SMILES string of the molecule is Cc1ccc(Oc2ccnc3c(Cl)cccc23)c(Cl)c1. The second kappa shape index (κ2) is 5.31. The Hall–Kier alpha value is -1.77. The van der Waals surface area contributed by atoms with Crippen LogP contribution in [0.3, 0.4) is 0 Å². The number of halogens is 2. The van der Waals surface area contributed by atoms with Crippen LogP contribution in [-0.4, -0.2) is 4.98 Å². The van der Waals surface area contributed by atoms with E-state index < -0.39 is 0 Å². The molecular weight excluding hydrogens is 293 g/mol. The summed E-state index contributed by atoms with van der Waals surface area (Å²) in [7, 11) is 0. The molecule has 3 rings (SSSR count). The molecule has 0 N–H and O–H groups in total. The van der Waals surface area contributed by atoms with Crippen LogP contribution in [0.1, 0.15) is 5.56 Å². The smallest absolute Gasteiger partial charge is 0.146 e. The van der Waals surface area contributed by atoms with Crippen LogP contribution in [0.2, 0.25) is 10.0 Å². The lowest BCUT2D eigenvalue weighted by atomic mass is 10.2. The van der Waals surface area contributed by atoms with Crippen molar-refractivity contribution in [3.05, 3.63) is 64.3 Å². The number of rotatable bonds is 2. The molecule has 0 fully saturated rings. The number of nitrogens with zero attached hydrogens (tertiary/aromatic N) is 1. The Morgan fingerprint density at radius 2 is 1.80 bits per heavy atom. The summed E-state index contributed by atoms with van der Waals surface area (Å²) in [5.74, 6) is 1.30. The summed E-state index contributed by atoms with van der Waals surface area (Å²) in [6, 6.07) is 13.1. The largest absolute Gasteiger partial charge is 0.455 e. The Bertz CT molecular complexity index is 787. The number of ether oxygens (including phenoxy) is 1. The summed E-state index contributed by atoms with van der Waals surface area (Å²) >= 11 is 12.3. The minimum absolute atomic E-state index is 0.581. The molecule has 1 heterocycles. The molecule has 0 aliphatic rings. The normalized spacial score (nSPS) is 10.8. The highest BCUT2D eigenvalue weighted by molar-refractivity contribution is 6.35. The highest BCUT2D eigenvalue weighted by Gasteiger charge is 2.09. The molecule has 2 nitrogen and oxygen atoms in total. The Kier molecular flexibility index (Phi) is 3.51. The number of pyridine rings is 1. The quantitative estimate of drug-likeness (QED) is 0.611. The van der Waals surface area contributed by atoms with E-state index in [0.717, 1.165) is 16.5 Å². The van der Waals surface area contributed by atoms with E-state index in [9.17, 15) is 0 Å². The standard InChI is InChI=1S/C16H11Cl2NO/c1-10-5-6-15(13(18)9-10)20-14-7-8-19-16-11(14)3-2-4-12(16)17/h2-9H,1H3. The third kappa shape index (κ3) is 2.45. The van der Waals surface area contributed by atoms with Crippen LogP contribution >= 0.6 is 23.2 Å². The van der Waals surface area contributed by atoms with Crippen molar-refractivity contribution in [2.75, 3.05) is 0 Å². The van der Waals surface area contributed by atoms with Crippen LogP contribution in [0.5, 0.6) is 11.5 Å². The van der Waals surface area contributed by atoms with Crippen molar-refractivity contribution in [2.45, 2.75) is 6.92 Å². The molecule has 4 heteroatoms. The molecule has 0 saturated heterocycles. The summed E-state index contributed by atoms with van der Waals surface area (Å²) in [4.78, 5) is 4.27. The van der Waals surface area contributed by atoms with E-state index in [-0.39, 0.29) is 0 Å². The van der Waals surface area contributed by atoms with Gasteiger partial charge < -0.3 is 4.74 Å². The van der Waals surface area contributed by atoms with E-state index in [1.54, 1.807) is 18.3 Å². The van der Waals surface area contributed by atoms with E-state index in [4.69, 9.17) is 27.9 Å². The van der Waals surface area contributed by atoms with Gasteiger partial charge in [0.05, 0.1) is 15.6 Å². The first-order valence-corrected chi connectivity index (χ1v) is 6.88. The van der Waals surface area contributed by atoms with E-state index in [1.165, 1.54) is 0 Å². The van der Waals surface area contributed by atoms with Gasteiger partial charge in [-0.25, -0.2) is 0 Å². The minimum atomic E-state index is 0.581. The third-order valence-electron chi connectivity index (χ3n) is 2.99. The molecule has 3 aromatic rings. The van der Waals surface area contributed by atoms with Crippen molar-refractivity contribution in [3.63, 3.8) is 0 Å². The molecule has 0 bridgehead atoms. The van der Waals surface area contributed by atoms with Crippen LogP contribution < -0.4 is 4.74 Å². The molecule has 0 atom stereocenters. The van der Waals surface area contributed by atoms with Gasteiger partial charge in [0, 0.05) is 11.6 Å². The Morgan fingerprint density at radius 3 is 2.60 bits per heavy atom. The zero-order chi connectivity index (χ0) is 14.1. The maximum Gasteiger partial charge on any atom is 0.146 e. The number of aryl methyl sites for hydroxylation is 1. The second-order valence-electron chi connectivity index (χ2n) is 4.48. The van der Waals surface area contributed by atoms with E-state index >= 15 is 0 Å². The molecular formula is C16H11Cl2NO. The molecule has 2 aromatic carbocycles. The summed E-state index contributed by atoms with van der Waals surface area (Å²) in [5, 5.41) is 2.04. The third-order valence-corrected chi connectivity index (χ3v) is 3.59. The van der Waals surface area contributed by atoms with Crippen LogP contribution in [-0.2, 0) is 0 Å². The monoisotopic (exact) mass is 303 g/mol. The number of benzene rings is 2. The molecule has 0 unspecified atom stereocenters. The molecule has 0 amide bonds. The lowest BCUT2D eigenvalue weighted by Crippen LogP contribution is -1.89. The van der Waals surface area contributed by atoms with Crippen molar-refractivity contribution < 1.29 is 4.74 Å². The number of hydrogen-bond donors (Lipinski definition) is 0. The second-order valence-corrected chi connectivity index (χ2v) is 5.30. The maximum atomic E-state index is 6.20. The van der Waals surface area contributed by atoms with Crippen molar-refractivity contribution >= 4 is 34.1 Å². The molecule has 0 spiro atoms. The summed E-state index contributed by atoms with van der Waals surface area (Å²) in [6.45, 7) is 1.98. The molecule has 1 aromatic heterocycles. The number of hydrogen-bond acceptors (Lipinski definition) is 2. The number of fused-ring (bicyclic) bond motifs is 1. The minimum Gasteiger partial charge on any atom is -0.455 e. The zero-order valence-electron chi connectivity index (χ0n) is 10.7. The van der Waals surface area contributed by atoms with Gasteiger partial charge in [0.1, 0.15) is 11.5 Å². The Balaban J connectivity index is 2.09. The summed E-state index contributed by atoms with van der Waals surface area (Å²) in [6.07, 6.45) is 1.67. The average molecular weight is 304 g/mol. The topological polar surface area (TPSA) is 22.1 Å². The highest BCUT2D eigenvalue weighted by Crippen LogP contribution is 2.35. The van der Waals surface area contributed by atoms with Crippen molar-refractivity contribution in [3.8, 4) is 11.5 Å². The van der Waals surface area contributed by atoms with Gasteiger partial charge in [-0.2, -0.15) is 0 Å². The molecule has 0 radical (unpaired) electrons. The first-order valence-electron chi connectivity index (χ1n) is 6.12. The number of aromatic nitrogens is 1. The highest BCUT2D eigenvalue weighted by atomic mass is 35.5. The summed E-state index contributed by atoms with van der Waals surface area (Å²) < 4.78 is 5.90. The van der Waals surface area contributed by atoms with E-state index in [0.29, 0.717) is 21.5 Å². The van der Waals surface area contributed by atoms with E-state index in [2.05, 4.69) is 4.98 Å². The molecule has 20 heavy (non-hydrogen) atoms. The van der Waals surface area contributed by atoms with Gasteiger partial charge >= 0.3 is 0 Å². The Labute approximate surface area is 126 Å². The molecule has 0 saturated carbocycles. The van der Waals surface area contributed by atoms with Crippen LogP contribution in [0.4, 0.5) is 0 Å². The van der Waals surface area contributed by atoms with Gasteiger partial charge in [0.2, 0.25) is 0 Å². The van der Waals surface area contributed by atoms with Crippen molar-refractivity contribution in [1.82, 2.24) is 4.98 Å². The first kappa shape index (κ1) is 13.2. The Morgan fingerprint density at radius 1 is 0.950 bits per heavy atom. The zero-order valence-corrected chi connectivity index (χ0v) is 12.2. The van der Waals surface area contributed by atoms with Gasteiger partial charge in [-0.05, 0) is 42.8 Å². The lowest BCUT2D eigenvalue weighted by Gasteiger charge is -2.10. The fourth-order valence-corrected chi connectivity index (χ4v) is 2.51. The van der Waals surface area contributed by atoms with Crippen LogP contribution in [0, 0.1) is 6.92 Å². The predicted octanol–water partition coefficient (Wildman–Crippen LogP) is 5.64. The van der Waals surface area contributed by atoms with Crippen LogP contribution in [0.15, 0.2) is 48.7 Å². The van der Waals surface area contributed by atoms with Crippen molar-refractivity contribution in [1.29, 1.82) is 0 Å². The molecule has 0 aliphatic heterocycles. The fourth-order valence-electron chi connectivity index (χ4n) is 2.01. The van der Waals surface area contributed by atoms with Gasteiger partial charge in [-0.3, -0.25) is 4.98 Å². The van der Waals surface area contributed by atoms with Crippen LogP contribution in [0.25, 0.3) is 10.9 Å². The van der Waals surface area contributed by atoms with Gasteiger partial charge in [0.25, 0.3) is 0 Å². The first-order chi connectivity index (χ1) is 9.65. The average Bonchev–Trinajstić information content (AvgIpc) is 2.43. The molecule has 0 aliphatic carbocycles. The predicted molar refractivity (Wildman–Crippen MR) is 83.0 cm³/mol. The van der Waals surface area contributed by atoms with E-state index in [1.807, 2.05) is 37.3 Å². The molecule has 100 valence electrons. The van der Waals surface area contributed by atoms with Gasteiger partial charge in [0.15, 0.2) is 0 Å². The summed E-state index contributed by atoms with van der Waals surface area (Å²) in [5.41, 5.74) is 1.81. The number of para-hydroxylation sites is 1. The van der Waals surface area contributed by atoms with Crippen molar-refractivity contribution in [2.24, 2.45) is 0 Å². The van der Waals surface area contributed by atoms with Gasteiger partial charge in [-0.15, -0.1) is 0 Å².